The molecule has 0 aliphatic carbocycles. The average molecular weight is 241 g/mol. The van der Waals surface area contributed by atoms with Crippen LogP contribution in [0.5, 0.6) is 0 Å². The minimum absolute atomic E-state index is 0.115. The summed E-state index contributed by atoms with van der Waals surface area (Å²) in [5.41, 5.74) is 5.91. The van der Waals surface area contributed by atoms with Gasteiger partial charge in [0.05, 0.1) is 6.04 Å². The average Bonchev–Trinajstić information content (AvgIpc) is 2.36. The van der Waals surface area contributed by atoms with Gasteiger partial charge in [-0.2, -0.15) is 0 Å². The van der Waals surface area contributed by atoms with Crippen molar-refractivity contribution in [3.8, 4) is 0 Å². The minimum Gasteiger partial charge on any atom is -0.339 e. The molecule has 0 bridgehead atoms. The molecule has 0 aromatic heterocycles. The molecule has 4 heteroatoms. The Morgan fingerprint density at radius 1 is 1.18 bits per heavy atom. The lowest BCUT2D eigenvalue weighted by Gasteiger charge is -2.39. The number of nitrogens with zero attached hydrogens (tertiary/aromatic N) is 2. The van der Waals surface area contributed by atoms with E-state index >= 15 is 0 Å². The highest BCUT2D eigenvalue weighted by Gasteiger charge is 2.27. The SMILES string of the molecule is CCC(C)N1CCN(C(=O)C(N)C(C)C)CC1. The molecule has 4 nitrogen and oxygen atoms in total. The van der Waals surface area contributed by atoms with Crippen LogP contribution in [-0.4, -0.2) is 54.0 Å². The summed E-state index contributed by atoms with van der Waals surface area (Å²) >= 11 is 0. The van der Waals surface area contributed by atoms with E-state index in [9.17, 15) is 4.79 Å². The number of piperazine rings is 1. The van der Waals surface area contributed by atoms with E-state index in [-0.39, 0.29) is 17.9 Å². The standard InChI is InChI=1S/C13H27N3O/c1-5-11(4)15-6-8-16(9-7-15)13(17)12(14)10(2)3/h10-12H,5-9,14H2,1-4H3. The zero-order valence-corrected chi connectivity index (χ0v) is 11.6. The number of hydrogen-bond acceptors (Lipinski definition) is 3. The second kappa shape index (κ2) is 6.36. The smallest absolute Gasteiger partial charge is 0.239 e. The van der Waals surface area contributed by atoms with Crippen LogP contribution in [0, 0.1) is 5.92 Å². The molecule has 1 amide bonds. The van der Waals surface area contributed by atoms with Gasteiger partial charge in [0, 0.05) is 32.2 Å². The van der Waals surface area contributed by atoms with Crippen molar-refractivity contribution in [3.05, 3.63) is 0 Å². The van der Waals surface area contributed by atoms with Gasteiger partial charge in [-0.25, -0.2) is 0 Å². The highest BCUT2D eigenvalue weighted by Crippen LogP contribution is 2.11. The van der Waals surface area contributed by atoms with Crippen molar-refractivity contribution in [2.45, 2.75) is 46.2 Å². The first-order valence-electron chi connectivity index (χ1n) is 6.75. The lowest BCUT2D eigenvalue weighted by Crippen LogP contribution is -2.55. The predicted octanol–water partition coefficient (Wildman–Crippen LogP) is 0.912. The Morgan fingerprint density at radius 3 is 2.12 bits per heavy atom. The maximum atomic E-state index is 12.1. The fourth-order valence-corrected chi connectivity index (χ4v) is 2.14. The van der Waals surface area contributed by atoms with E-state index in [2.05, 4.69) is 18.7 Å². The summed E-state index contributed by atoms with van der Waals surface area (Å²) < 4.78 is 0. The van der Waals surface area contributed by atoms with Crippen molar-refractivity contribution in [1.82, 2.24) is 9.80 Å². The van der Waals surface area contributed by atoms with Crippen molar-refractivity contribution in [2.24, 2.45) is 11.7 Å². The van der Waals surface area contributed by atoms with Gasteiger partial charge in [0.15, 0.2) is 0 Å². The zero-order chi connectivity index (χ0) is 13.0. The van der Waals surface area contributed by atoms with E-state index < -0.39 is 0 Å². The summed E-state index contributed by atoms with van der Waals surface area (Å²) in [7, 11) is 0. The van der Waals surface area contributed by atoms with Gasteiger partial charge in [0.2, 0.25) is 5.91 Å². The van der Waals surface area contributed by atoms with Gasteiger partial charge in [-0.05, 0) is 19.3 Å². The lowest BCUT2D eigenvalue weighted by molar-refractivity contribution is -0.135. The Balaban J connectivity index is 2.44. The van der Waals surface area contributed by atoms with Crippen molar-refractivity contribution in [2.75, 3.05) is 26.2 Å². The van der Waals surface area contributed by atoms with E-state index in [1.54, 1.807) is 0 Å². The first-order valence-corrected chi connectivity index (χ1v) is 6.75. The number of hydrogen-bond donors (Lipinski definition) is 1. The first-order chi connectivity index (χ1) is 7.97. The number of carbonyl (C=O) groups excluding carboxylic acids is 1. The van der Waals surface area contributed by atoms with Gasteiger partial charge >= 0.3 is 0 Å². The van der Waals surface area contributed by atoms with E-state index in [4.69, 9.17) is 5.73 Å². The normalized spacial score (nSPS) is 21.6. The van der Waals surface area contributed by atoms with Crippen LogP contribution in [0.25, 0.3) is 0 Å². The van der Waals surface area contributed by atoms with Crippen LogP contribution in [-0.2, 0) is 4.79 Å². The molecule has 1 saturated heterocycles. The topological polar surface area (TPSA) is 49.6 Å². The van der Waals surface area contributed by atoms with Gasteiger partial charge in [-0.3, -0.25) is 9.69 Å². The van der Waals surface area contributed by atoms with Crippen LogP contribution >= 0.6 is 0 Å². The van der Waals surface area contributed by atoms with Crippen LogP contribution in [0.1, 0.15) is 34.1 Å². The monoisotopic (exact) mass is 241 g/mol. The number of carbonyl (C=O) groups is 1. The van der Waals surface area contributed by atoms with Gasteiger partial charge in [0.25, 0.3) is 0 Å². The Labute approximate surface area is 105 Å². The summed E-state index contributed by atoms with van der Waals surface area (Å²) in [5.74, 6) is 0.332. The molecule has 2 unspecified atom stereocenters. The molecule has 0 aromatic rings. The second-order valence-corrected chi connectivity index (χ2v) is 5.39. The molecule has 1 aliphatic heterocycles. The summed E-state index contributed by atoms with van der Waals surface area (Å²) in [5, 5.41) is 0. The highest BCUT2D eigenvalue weighted by molar-refractivity contribution is 5.82. The molecular formula is C13H27N3O. The van der Waals surface area contributed by atoms with E-state index in [1.807, 2.05) is 18.7 Å². The Morgan fingerprint density at radius 2 is 1.71 bits per heavy atom. The number of rotatable bonds is 4. The molecule has 2 atom stereocenters. The van der Waals surface area contributed by atoms with E-state index in [0.717, 1.165) is 26.2 Å². The maximum Gasteiger partial charge on any atom is 0.239 e. The van der Waals surface area contributed by atoms with Crippen LogP contribution < -0.4 is 5.73 Å². The fourth-order valence-electron chi connectivity index (χ4n) is 2.14. The van der Waals surface area contributed by atoms with Gasteiger partial charge in [-0.15, -0.1) is 0 Å². The molecule has 1 fully saturated rings. The molecule has 1 rings (SSSR count). The van der Waals surface area contributed by atoms with Crippen molar-refractivity contribution in [1.29, 1.82) is 0 Å². The Hall–Kier alpha value is -0.610. The lowest BCUT2D eigenvalue weighted by atomic mass is 10.0. The predicted molar refractivity (Wildman–Crippen MR) is 70.7 cm³/mol. The van der Waals surface area contributed by atoms with Crippen LogP contribution in [0.15, 0.2) is 0 Å². The molecule has 1 aliphatic rings. The molecule has 0 aromatic carbocycles. The molecule has 0 radical (unpaired) electrons. The maximum absolute atomic E-state index is 12.1. The molecule has 100 valence electrons. The Kier molecular flexibility index (Phi) is 5.40. The Bertz CT molecular complexity index is 247. The first kappa shape index (κ1) is 14.5. The van der Waals surface area contributed by atoms with Crippen LogP contribution in [0.4, 0.5) is 0 Å². The fraction of sp³-hybridized carbons (Fsp3) is 0.923. The molecular weight excluding hydrogens is 214 g/mol. The van der Waals surface area contributed by atoms with Gasteiger partial charge in [-0.1, -0.05) is 20.8 Å². The quantitative estimate of drug-likeness (QED) is 0.796. The molecule has 0 spiro atoms. The van der Waals surface area contributed by atoms with Crippen molar-refractivity contribution in [3.63, 3.8) is 0 Å². The molecule has 1 heterocycles. The highest BCUT2D eigenvalue weighted by atomic mass is 16.2. The molecule has 17 heavy (non-hydrogen) atoms. The third-order valence-corrected chi connectivity index (χ3v) is 3.84. The summed E-state index contributed by atoms with van der Waals surface area (Å²) in [6, 6.07) is 0.274. The van der Waals surface area contributed by atoms with Gasteiger partial charge in [0.1, 0.15) is 0 Å². The van der Waals surface area contributed by atoms with E-state index in [0.29, 0.717) is 6.04 Å². The summed E-state index contributed by atoms with van der Waals surface area (Å²) in [4.78, 5) is 16.4. The van der Waals surface area contributed by atoms with E-state index in [1.165, 1.54) is 6.42 Å². The summed E-state index contributed by atoms with van der Waals surface area (Å²) in [6.07, 6.45) is 1.17. The van der Waals surface area contributed by atoms with Crippen LogP contribution in [0.3, 0.4) is 0 Å². The minimum atomic E-state index is -0.342. The van der Waals surface area contributed by atoms with Crippen molar-refractivity contribution >= 4 is 5.91 Å². The summed E-state index contributed by atoms with van der Waals surface area (Å²) in [6.45, 7) is 12.1. The number of amides is 1. The molecule has 0 saturated carbocycles. The number of nitrogens with two attached hydrogens (primary N) is 1. The molecule has 2 N–H and O–H groups in total. The van der Waals surface area contributed by atoms with Gasteiger partial charge < -0.3 is 10.6 Å². The van der Waals surface area contributed by atoms with Crippen LogP contribution in [0.2, 0.25) is 0 Å². The largest absolute Gasteiger partial charge is 0.339 e. The second-order valence-electron chi connectivity index (χ2n) is 5.39. The third kappa shape index (κ3) is 3.68. The van der Waals surface area contributed by atoms with Crippen molar-refractivity contribution < 1.29 is 4.79 Å². The third-order valence-electron chi connectivity index (χ3n) is 3.84. The zero-order valence-electron chi connectivity index (χ0n) is 11.6.